The van der Waals surface area contributed by atoms with Crippen LogP contribution in [0.15, 0.2) is 0 Å². The Morgan fingerprint density at radius 3 is 2.25 bits per heavy atom. The molecule has 8 heavy (non-hydrogen) atoms. The molecule has 0 N–H and O–H groups in total. The zero-order valence-electron chi connectivity index (χ0n) is 4.03. The van der Waals surface area contributed by atoms with Gasteiger partial charge >= 0.3 is 0 Å². The van der Waals surface area contributed by atoms with Gasteiger partial charge in [-0.15, -0.1) is 23.2 Å². The van der Waals surface area contributed by atoms with Crippen LogP contribution in [0.2, 0.25) is 0 Å². The molecular formula is C4H5Cl3O. The summed E-state index contributed by atoms with van der Waals surface area (Å²) in [5.41, 5.74) is 0. The third-order valence-corrected chi connectivity index (χ3v) is 1.54. The summed E-state index contributed by atoms with van der Waals surface area (Å²) < 4.78 is 0. The van der Waals surface area contributed by atoms with Crippen molar-refractivity contribution in [3.05, 3.63) is 0 Å². The highest BCUT2D eigenvalue weighted by atomic mass is 35.5. The van der Waals surface area contributed by atoms with Crippen molar-refractivity contribution in [2.45, 2.75) is 11.8 Å². The molecule has 0 spiro atoms. The van der Waals surface area contributed by atoms with E-state index in [1.54, 1.807) is 0 Å². The molecule has 0 aromatic rings. The van der Waals surface area contributed by atoms with Crippen LogP contribution in [0.5, 0.6) is 0 Å². The summed E-state index contributed by atoms with van der Waals surface area (Å²) in [6.45, 7) is 0. The lowest BCUT2D eigenvalue weighted by atomic mass is 10.4. The first-order valence-electron chi connectivity index (χ1n) is 2.05. The van der Waals surface area contributed by atoms with Crippen molar-refractivity contribution in [3.8, 4) is 0 Å². The number of halogens is 3. The van der Waals surface area contributed by atoms with Gasteiger partial charge in [-0.3, -0.25) is 4.79 Å². The van der Waals surface area contributed by atoms with E-state index in [4.69, 9.17) is 34.8 Å². The molecule has 0 aliphatic heterocycles. The van der Waals surface area contributed by atoms with Gasteiger partial charge in [-0.05, 0) is 11.6 Å². The quantitative estimate of drug-likeness (QED) is 0.474. The average molecular weight is 175 g/mol. The van der Waals surface area contributed by atoms with E-state index in [-0.39, 0.29) is 17.7 Å². The lowest BCUT2D eigenvalue weighted by Crippen LogP contribution is -2.03. The average Bonchev–Trinajstić information content (AvgIpc) is 1.65. The third kappa shape index (κ3) is 4.69. The Balaban J connectivity index is 3.24. The fraction of sp³-hybridized carbons (Fsp3) is 0.750. The van der Waals surface area contributed by atoms with E-state index in [1.165, 1.54) is 0 Å². The van der Waals surface area contributed by atoms with Crippen molar-refractivity contribution < 1.29 is 4.79 Å². The maximum atomic E-state index is 10.0. The second-order valence-electron chi connectivity index (χ2n) is 1.31. The lowest BCUT2D eigenvalue weighted by Gasteiger charge is -1.96. The fourth-order valence-electron chi connectivity index (χ4n) is 0.229. The second-order valence-corrected chi connectivity index (χ2v) is 2.66. The minimum atomic E-state index is -0.439. The van der Waals surface area contributed by atoms with Crippen LogP contribution >= 0.6 is 34.8 Å². The molecular weight excluding hydrogens is 170 g/mol. The van der Waals surface area contributed by atoms with Gasteiger partial charge in [0, 0.05) is 12.3 Å². The van der Waals surface area contributed by atoms with Gasteiger partial charge in [0.25, 0.3) is 0 Å². The summed E-state index contributed by atoms with van der Waals surface area (Å²) in [4.78, 5) is 10.0. The molecule has 0 aromatic carbocycles. The van der Waals surface area contributed by atoms with Crippen molar-refractivity contribution in [1.82, 2.24) is 0 Å². The van der Waals surface area contributed by atoms with Gasteiger partial charge in [-0.2, -0.15) is 0 Å². The molecule has 0 saturated heterocycles. The van der Waals surface area contributed by atoms with Gasteiger partial charge in [0.15, 0.2) is 0 Å². The van der Waals surface area contributed by atoms with Crippen molar-refractivity contribution >= 4 is 40.0 Å². The lowest BCUT2D eigenvalue weighted by molar-refractivity contribution is -0.111. The van der Waals surface area contributed by atoms with Crippen LogP contribution in [-0.4, -0.2) is 16.5 Å². The third-order valence-electron chi connectivity index (χ3n) is 0.549. The molecule has 0 rings (SSSR count). The number of hydrogen-bond donors (Lipinski definition) is 0. The van der Waals surface area contributed by atoms with Crippen LogP contribution < -0.4 is 0 Å². The summed E-state index contributed by atoms with van der Waals surface area (Å²) >= 11 is 15.6. The van der Waals surface area contributed by atoms with Crippen molar-refractivity contribution in [2.24, 2.45) is 0 Å². The molecule has 0 aliphatic carbocycles. The zero-order chi connectivity index (χ0) is 6.57. The van der Waals surface area contributed by atoms with Crippen molar-refractivity contribution in [1.29, 1.82) is 0 Å². The molecule has 1 atom stereocenters. The summed E-state index contributed by atoms with van der Waals surface area (Å²) in [7, 11) is 0. The van der Waals surface area contributed by atoms with E-state index in [1.807, 2.05) is 0 Å². The standard InChI is InChI=1S/C4H5Cl3O/c5-2-3(6)1-4(7)8/h3H,1-2H2. The smallest absolute Gasteiger partial charge is 0.223 e. The molecule has 1 nitrogen and oxygen atoms in total. The van der Waals surface area contributed by atoms with Crippen LogP contribution in [0.3, 0.4) is 0 Å². The van der Waals surface area contributed by atoms with E-state index in [2.05, 4.69) is 0 Å². The zero-order valence-corrected chi connectivity index (χ0v) is 6.30. The molecule has 4 heteroatoms. The predicted octanol–water partition coefficient (Wildman–Crippen LogP) is 1.99. The van der Waals surface area contributed by atoms with Crippen LogP contribution in [0.25, 0.3) is 0 Å². The van der Waals surface area contributed by atoms with Crippen LogP contribution in [0.4, 0.5) is 0 Å². The monoisotopic (exact) mass is 174 g/mol. The summed E-state index contributed by atoms with van der Waals surface area (Å²) in [6.07, 6.45) is 0.145. The highest BCUT2D eigenvalue weighted by Gasteiger charge is 2.05. The van der Waals surface area contributed by atoms with E-state index >= 15 is 0 Å². The van der Waals surface area contributed by atoms with Crippen LogP contribution in [-0.2, 0) is 4.79 Å². The van der Waals surface area contributed by atoms with E-state index in [0.717, 1.165) is 0 Å². The Labute approximate surface area is 62.9 Å². The first-order valence-corrected chi connectivity index (χ1v) is 3.40. The predicted molar refractivity (Wildman–Crippen MR) is 35.8 cm³/mol. The number of alkyl halides is 2. The molecule has 0 fully saturated rings. The number of carbonyl (C=O) groups excluding carboxylic acids is 1. The Hall–Kier alpha value is 0.540. The summed E-state index contributed by atoms with van der Waals surface area (Å²) in [6, 6.07) is 0. The van der Waals surface area contributed by atoms with Crippen molar-refractivity contribution in [2.75, 3.05) is 5.88 Å². The normalized spacial score (nSPS) is 13.4. The molecule has 0 bridgehead atoms. The number of carbonyl (C=O) groups is 1. The first-order chi connectivity index (χ1) is 3.66. The molecule has 48 valence electrons. The first kappa shape index (κ1) is 8.54. The fourth-order valence-corrected chi connectivity index (χ4v) is 0.743. The Morgan fingerprint density at radius 2 is 2.12 bits per heavy atom. The van der Waals surface area contributed by atoms with E-state index in [0.29, 0.717) is 0 Å². The molecule has 0 heterocycles. The minimum absolute atomic E-state index is 0.145. The molecule has 0 aliphatic rings. The molecule has 0 aromatic heterocycles. The van der Waals surface area contributed by atoms with Gasteiger partial charge in [-0.1, -0.05) is 0 Å². The molecule has 0 saturated carbocycles. The maximum absolute atomic E-state index is 10.0. The summed E-state index contributed by atoms with van der Waals surface area (Å²) in [5, 5.41) is -0.757. The highest BCUT2D eigenvalue weighted by Crippen LogP contribution is 2.05. The van der Waals surface area contributed by atoms with Gasteiger partial charge in [0.05, 0.1) is 5.38 Å². The Bertz CT molecular complexity index is 83.4. The molecule has 0 amide bonds. The van der Waals surface area contributed by atoms with Gasteiger partial charge in [0.1, 0.15) is 0 Å². The number of rotatable bonds is 3. The van der Waals surface area contributed by atoms with Crippen LogP contribution in [0, 0.1) is 0 Å². The Kier molecular flexibility index (Phi) is 4.72. The van der Waals surface area contributed by atoms with Gasteiger partial charge in [-0.25, -0.2) is 0 Å². The topological polar surface area (TPSA) is 17.1 Å². The molecule has 0 radical (unpaired) electrons. The molecule has 1 unspecified atom stereocenters. The highest BCUT2D eigenvalue weighted by molar-refractivity contribution is 6.64. The van der Waals surface area contributed by atoms with E-state index < -0.39 is 5.24 Å². The van der Waals surface area contributed by atoms with Gasteiger partial charge in [0.2, 0.25) is 5.24 Å². The minimum Gasteiger partial charge on any atom is -0.281 e. The van der Waals surface area contributed by atoms with Crippen molar-refractivity contribution in [3.63, 3.8) is 0 Å². The van der Waals surface area contributed by atoms with Gasteiger partial charge < -0.3 is 0 Å². The second kappa shape index (κ2) is 4.42. The van der Waals surface area contributed by atoms with Crippen LogP contribution in [0.1, 0.15) is 6.42 Å². The SMILES string of the molecule is O=C(Cl)CC(Cl)CCl. The number of hydrogen-bond acceptors (Lipinski definition) is 1. The largest absolute Gasteiger partial charge is 0.281 e. The Morgan fingerprint density at radius 1 is 1.62 bits per heavy atom. The summed E-state index contributed by atoms with van der Waals surface area (Å²) in [5.74, 6) is 0.264. The maximum Gasteiger partial charge on any atom is 0.223 e. The van der Waals surface area contributed by atoms with E-state index in [9.17, 15) is 4.79 Å².